The van der Waals surface area contributed by atoms with Gasteiger partial charge in [0, 0.05) is 12.1 Å². The molecule has 0 radical (unpaired) electrons. The first-order valence-corrected chi connectivity index (χ1v) is 5.58. The van der Waals surface area contributed by atoms with Gasteiger partial charge in [-0.05, 0) is 22.4 Å². The maximum atomic E-state index is 11.6. The van der Waals surface area contributed by atoms with Gasteiger partial charge in [0.15, 0.2) is 5.78 Å². The molecule has 4 nitrogen and oxygen atoms in total. The van der Waals surface area contributed by atoms with E-state index < -0.39 is 0 Å². The maximum Gasteiger partial charge on any atom is 0.268 e. The number of ketones is 1. The summed E-state index contributed by atoms with van der Waals surface area (Å²) in [5.74, 6) is 0.0374. The van der Waals surface area contributed by atoms with Crippen LogP contribution in [0.3, 0.4) is 0 Å². The van der Waals surface area contributed by atoms with Crippen molar-refractivity contribution in [1.29, 1.82) is 0 Å². The van der Waals surface area contributed by atoms with E-state index in [1.54, 1.807) is 0 Å². The standard InChI is InChI=1S/C10H13BrN2O2/c1-3-7(2)9(14)5-13-6-12-4-8(11)10(13)15/h4,6-7H,3,5H2,1-2H3. The van der Waals surface area contributed by atoms with Gasteiger partial charge >= 0.3 is 0 Å². The molecule has 0 saturated carbocycles. The predicted octanol–water partition coefficient (Wildman–Crippen LogP) is 1.62. The molecule has 0 aliphatic rings. The molecule has 0 saturated heterocycles. The van der Waals surface area contributed by atoms with Crippen LogP contribution in [0.25, 0.3) is 0 Å². The molecule has 0 N–H and O–H groups in total. The Bertz CT molecular complexity index is 414. The Kier molecular flexibility index (Phi) is 4.20. The van der Waals surface area contributed by atoms with Crippen molar-refractivity contribution in [2.45, 2.75) is 26.8 Å². The average Bonchev–Trinajstić information content (AvgIpc) is 2.23. The van der Waals surface area contributed by atoms with E-state index in [4.69, 9.17) is 0 Å². The van der Waals surface area contributed by atoms with Gasteiger partial charge in [0.2, 0.25) is 0 Å². The number of nitrogens with zero attached hydrogens (tertiary/aromatic N) is 2. The van der Waals surface area contributed by atoms with Gasteiger partial charge in [0.25, 0.3) is 5.56 Å². The van der Waals surface area contributed by atoms with Gasteiger partial charge in [-0.2, -0.15) is 0 Å². The summed E-state index contributed by atoms with van der Waals surface area (Å²) >= 11 is 3.08. The summed E-state index contributed by atoms with van der Waals surface area (Å²) in [5, 5.41) is 0. The van der Waals surface area contributed by atoms with Crippen molar-refractivity contribution in [2.75, 3.05) is 0 Å². The Balaban J connectivity index is 2.86. The highest BCUT2D eigenvalue weighted by Gasteiger charge is 2.12. The van der Waals surface area contributed by atoms with Crippen LogP contribution >= 0.6 is 15.9 Å². The van der Waals surface area contributed by atoms with E-state index in [0.29, 0.717) is 4.47 Å². The molecule has 0 spiro atoms. The molecule has 0 aliphatic heterocycles. The number of carbonyl (C=O) groups excluding carboxylic acids is 1. The summed E-state index contributed by atoms with van der Waals surface area (Å²) in [7, 11) is 0. The number of halogens is 1. The molecule has 0 amide bonds. The molecular weight excluding hydrogens is 260 g/mol. The smallest absolute Gasteiger partial charge is 0.268 e. The molecule has 1 aromatic rings. The number of hydrogen-bond acceptors (Lipinski definition) is 3. The molecule has 1 aromatic heterocycles. The molecule has 1 atom stereocenters. The normalized spacial score (nSPS) is 12.5. The molecule has 1 heterocycles. The average molecular weight is 273 g/mol. The highest BCUT2D eigenvalue weighted by molar-refractivity contribution is 9.10. The van der Waals surface area contributed by atoms with Crippen molar-refractivity contribution in [3.8, 4) is 0 Å². The van der Waals surface area contributed by atoms with Crippen molar-refractivity contribution < 1.29 is 4.79 Å². The Hall–Kier alpha value is -0.970. The quantitative estimate of drug-likeness (QED) is 0.837. The second-order valence-corrected chi connectivity index (χ2v) is 4.30. The molecule has 15 heavy (non-hydrogen) atoms. The first-order valence-electron chi connectivity index (χ1n) is 4.79. The fourth-order valence-electron chi connectivity index (χ4n) is 1.09. The summed E-state index contributed by atoms with van der Waals surface area (Å²) < 4.78 is 1.69. The van der Waals surface area contributed by atoms with E-state index in [1.807, 2.05) is 13.8 Å². The van der Waals surface area contributed by atoms with E-state index >= 15 is 0 Å². The van der Waals surface area contributed by atoms with Gasteiger partial charge in [0.05, 0.1) is 12.9 Å². The largest absolute Gasteiger partial charge is 0.297 e. The summed E-state index contributed by atoms with van der Waals surface area (Å²) in [6.45, 7) is 3.91. The topological polar surface area (TPSA) is 52.0 Å². The number of hydrogen-bond donors (Lipinski definition) is 0. The van der Waals surface area contributed by atoms with Gasteiger partial charge in [-0.1, -0.05) is 13.8 Å². The zero-order valence-corrected chi connectivity index (χ0v) is 10.3. The van der Waals surface area contributed by atoms with Crippen molar-refractivity contribution in [3.63, 3.8) is 0 Å². The van der Waals surface area contributed by atoms with E-state index in [9.17, 15) is 9.59 Å². The van der Waals surface area contributed by atoms with Crippen LogP contribution in [-0.2, 0) is 11.3 Å². The van der Waals surface area contributed by atoms with E-state index in [2.05, 4.69) is 20.9 Å². The van der Waals surface area contributed by atoms with Crippen LogP contribution in [0.1, 0.15) is 20.3 Å². The van der Waals surface area contributed by atoms with Crippen molar-refractivity contribution in [2.24, 2.45) is 5.92 Å². The number of rotatable bonds is 4. The van der Waals surface area contributed by atoms with E-state index in [-0.39, 0.29) is 23.8 Å². The summed E-state index contributed by atoms with van der Waals surface area (Å²) in [4.78, 5) is 27.0. The molecule has 82 valence electrons. The van der Waals surface area contributed by atoms with Gasteiger partial charge in [0.1, 0.15) is 4.47 Å². The predicted molar refractivity (Wildman–Crippen MR) is 60.7 cm³/mol. The van der Waals surface area contributed by atoms with Gasteiger partial charge < -0.3 is 0 Å². The molecule has 1 unspecified atom stereocenters. The third kappa shape index (κ3) is 2.99. The van der Waals surface area contributed by atoms with Gasteiger partial charge in [-0.25, -0.2) is 4.98 Å². The van der Waals surface area contributed by atoms with Crippen LogP contribution in [0.15, 0.2) is 21.8 Å². The lowest BCUT2D eigenvalue weighted by Gasteiger charge is -2.08. The third-order valence-electron chi connectivity index (χ3n) is 2.35. The van der Waals surface area contributed by atoms with Gasteiger partial charge in [-0.3, -0.25) is 14.2 Å². The van der Waals surface area contributed by atoms with Crippen molar-refractivity contribution >= 4 is 21.7 Å². The zero-order valence-electron chi connectivity index (χ0n) is 8.74. The van der Waals surface area contributed by atoms with Gasteiger partial charge in [-0.15, -0.1) is 0 Å². The zero-order chi connectivity index (χ0) is 11.4. The fraction of sp³-hybridized carbons (Fsp3) is 0.500. The van der Waals surface area contributed by atoms with Crippen LogP contribution in [0, 0.1) is 5.92 Å². The number of aromatic nitrogens is 2. The maximum absolute atomic E-state index is 11.6. The Morgan fingerprint density at radius 3 is 2.93 bits per heavy atom. The van der Waals surface area contributed by atoms with E-state index in [0.717, 1.165) is 6.42 Å². The third-order valence-corrected chi connectivity index (χ3v) is 2.89. The van der Waals surface area contributed by atoms with Crippen LogP contribution < -0.4 is 5.56 Å². The Morgan fingerprint density at radius 1 is 1.67 bits per heavy atom. The molecule has 0 bridgehead atoms. The highest BCUT2D eigenvalue weighted by atomic mass is 79.9. The summed E-state index contributed by atoms with van der Waals surface area (Å²) in [5.41, 5.74) is -0.221. The van der Waals surface area contributed by atoms with Crippen LogP contribution in [0.5, 0.6) is 0 Å². The molecule has 0 aliphatic carbocycles. The fourth-order valence-corrected chi connectivity index (χ4v) is 1.43. The molecule has 0 aromatic carbocycles. The monoisotopic (exact) mass is 272 g/mol. The summed E-state index contributed by atoms with van der Waals surface area (Å²) in [6.07, 6.45) is 3.59. The second-order valence-electron chi connectivity index (χ2n) is 3.45. The van der Waals surface area contributed by atoms with Crippen molar-refractivity contribution in [1.82, 2.24) is 9.55 Å². The lowest BCUT2D eigenvalue weighted by Crippen LogP contribution is -2.27. The van der Waals surface area contributed by atoms with Crippen LogP contribution in [-0.4, -0.2) is 15.3 Å². The lowest BCUT2D eigenvalue weighted by molar-refractivity contribution is -0.123. The molecule has 0 fully saturated rings. The van der Waals surface area contributed by atoms with Crippen molar-refractivity contribution in [3.05, 3.63) is 27.4 Å². The van der Waals surface area contributed by atoms with Crippen LogP contribution in [0.2, 0.25) is 0 Å². The SMILES string of the molecule is CCC(C)C(=O)Cn1cncc(Br)c1=O. The second kappa shape index (κ2) is 5.21. The van der Waals surface area contributed by atoms with E-state index in [1.165, 1.54) is 17.1 Å². The Labute approximate surface area is 96.5 Å². The number of Topliss-reactive ketones (excluding diaryl/α,β-unsaturated/α-hetero) is 1. The summed E-state index contributed by atoms with van der Waals surface area (Å²) in [6, 6.07) is 0. The minimum atomic E-state index is -0.221. The minimum absolute atomic E-state index is 0.0177. The molecule has 1 rings (SSSR count). The lowest BCUT2D eigenvalue weighted by atomic mass is 10.0. The first kappa shape index (κ1) is 12.1. The molecule has 5 heteroatoms. The minimum Gasteiger partial charge on any atom is -0.297 e. The molecular formula is C10H13BrN2O2. The Morgan fingerprint density at radius 2 is 2.33 bits per heavy atom. The first-order chi connectivity index (χ1) is 7.06. The van der Waals surface area contributed by atoms with Crippen LogP contribution in [0.4, 0.5) is 0 Å². The highest BCUT2D eigenvalue weighted by Crippen LogP contribution is 2.04. The number of carbonyl (C=O) groups is 1.